The normalized spacial score (nSPS) is 12.2. The number of rotatable bonds is 7. The number of ether oxygens (including phenoxy) is 1. The van der Waals surface area contributed by atoms with Crippen LogP contribution in [0.2, 0.25) is 5.02 Å². The summed E-state index contributed by atoms with van der Waals surface area (Å²) in [7, 11) is 4.04. The minimum atomic E-state index is -0.171. The molecule has 6 heteroatoms. The van der Waals surface area contributed by atoms with E-state index in [4.69, 9.17) is 20.8 Å². The molecule has 1 aromatic heterocycles. The number of carbonyl (C=O) groups is 1. The molecule has 1 heterocycles. The van der Waals surface area contributed by atoms with Crippen LogP contribution in [0.3, 0.4) is 0 Å². The van der Waals surface area contributed by atoms with Crippen molar-refractivity contribution in [3.05, 3.63) is 52.9 Å². The van der Waals surface area contributed by atoms with E-state index in [2.05, 4.69) is 5.32 Å². The molecule has 0 bridgehead atoms. The molecule has 0 fully saturated rings. The topological polar surface area (TPSA) is 55.9 Å². The van der Waals surface area contributed by atoms with E-state index in [1.165, 1.54) is 4.90 Å². The van der Waals surface area contributed by atoms with E-state index in [0.717, 1.165) is 11.3 Å². The minimum absolute atomic E-state index is 0.0330. The number of hydrogen-bond acceptors (Lipinski definition) is 3. The Balaban J connectivity index is 1.83. The number of furan rings is 1. The van der Waals surface area contributed by atoms with Gasteiger partial charge in [0.25, 0.3) is 5.91 Å². The van der Waals surface area contributed by atoms with Crippen molar-refractivity contribution in [2.45, 2.75) is 13.0 Å². The molecule has 0 radical (unpaired) electrons. The van der Waals surface area contributed by atoms with Gasteiger partial charge < -0.3 is 19.4 Å². The fraction of sp³-hybridized carbons (Fsp3) is 0.353. The molecule has 2 aromatic rings. The van der Waals surface area contributed by atoms with Gasteiger partial charge in [0.2, 0.25) is 0 Å². The molecule has 0 saturated carbocycles. The number of likely N-dealkylation sites (N-methyl/N-ethyl adjacent to an activating group) is 1. The summed E-state index contributed by atoms with van der Waals surface area (Å²) in [4.78, 5) is 13.1. The fourth-order valence-electron chi connectivity index (χ4n) is 2.20. The van der Waals surface area contributed by atoms with E-state index in [1.54, 1.807) is 18.4 Å². The number of amides is 1. The Morgan fingerprint density at radius 1 is 1.39 bits per heavy atom. The van der Waals surface area contributed by atoms with Crippen molar-refractivity contribution in [2.24, 2.45) is 0 Å². The fourth-order valence-corrected chi connectivity index (χ4v) is 2.32. The van der Waals surface area contributed by atoms with Crippen molar-refractivity contribution in [3.8, 4) is 5.75 Å². The van der Waals surface area contributed by atoms with Crippen LogP contribution < -0.4 is 15.0 Å². The second-order valence-corrected chi connectivity index (χ2v) is 6.06. The molecule has 2 rings (SSSR count). The van der Waals surface area contributed by atoms with Crippen LogP contribution in [0.1, 0.15) is 17.4 Å². The van der Waals surface area contributed by atoms with Gasteiger partial charge >= 0.3 is 0 Å². The molecule has 0 aliphatic rings. The maximum absolute atomic E-state index is 12.0. The first kappa shape index (κ1) is 17.4. The number of hydrogen-bond donors (Lipinski definition) is 2. The molecule has 124 valence electrons. The van der Waals surface area contributed by atoms with Gasteiger partial charge in [-0.1, -0.05) is 11.6 Å². The number of quaternary nitrogens is 1. The van der Waals surface area contributed by atoms with Crippen LogP contribution in [0.15, 0.2) is 41.0 Å². The van der Waals surface area contributed by atoms with E-state index in [0.29, 0.717) is 17.3 Å². The average molecular weight is 338 g/mol. The predicted octanol–water partition coefficient (Wildman–Crippen LogP) is 1.62. The van der Waals surface area contributed by atoms with Crippen LogP contribution in [0, 0.1) is 6.92 Å². The van der Waals surface area contributed by atoms with Crippen molar-refractivity contribution in [1.82, 2.24) is 5.32 Å². The molecule has 0 aliphatic carbocycles. The van der Waals surface area contributed by atoms with Crippen LogP contribution in [-0.2, 0) is 4.79 Å². The zero-order valence-electron chi connectivity index (χ0n) is 13.6. The van der Waals surface area contributed by atoms with Crippen LogP contribution in [0.5, 0.6) is 5.75 Å². The second-order valence-electron chi connectivity index (χ2n) is 5.65. The third-order valence-corrected chi connectivity index (χ3v) is 4.01. The molecule has 1 atom stereocenters. The van der Waals surface area contributed by atoms with Gasteiger partial charge in [0, 0.05) is 5.02 Å². The van der Waals surface area contributed by atoms with Crippen LogP contribution in [-0.4, -0.2) is 33.2 Å². The highest BCUT2D eigenvalue weighted by molar-refractivity contribution is 6.31. The maximum Gasteiger partial charge on any atom is 0.258 e. The molecule has 23 heavy (non-hydrogen) atoms. The number of aryl methyl sites for hydroxylation is 1. The van der Waals surface area contributed by atoms with Crippen LogP contribution in [0.4, 0.5) is 0 Å². The third kappa shape index (κ3) is 5.01. The van der Waals surface area contributed by atoms with Gasteiger partial charge in [-0.2, -0.15) is 0 Å². The Kier molecular flexibility index (Phi) is 6.07. The van der Waals surface area contributed by atoms with Gasteiger partial charge in [-0.05, 0) is 42.8 Å². The van der Waals surface area contributed by atoms with Gasteiger partial charge in [0.05, 0.1) is 26.9 Å². The number of benzene rings is 1. The molecule has 0 aliphatic heterocycles. The van der Waals surface area contributed by atoms with Gasteiger partial charge in [-0.25, -0.2) is 0 Å². The van der Waals surface area contributed by atoms with Crippen molar-refractivity contribution in [2.75, 3.05) is 27.2 Å². The monoisotopic (exact) mass is 337 g/mol. The summed E-state index contributed by atoms with van der Waals surface area (Å²) < 4.78 is 10.9. The largest absolute Gasteiger partial charge is 0.484 e. The highest BCUT2D eigenvalue weighted by atomic mass is 35.5. The lowest BCUT2D eigenvalue weighted by Crippen LogP contribution is -3.07. The summed E-state index contributed by atoms with van der Waals surface area (Å²) in [6.07, 6.45) is 1.64. The first-order chi connectivity index (χ1) is 11.0. The zero-order valence-corrected chi connectivity index (χ0v) is 14.3. The molecule has 1 aromatic carbocycles. The van der Waals surface area contributed by atoms with Crippen molar-refractivity contribution in [3.63, 3.8) is 0 Å². The van der Waals surface area contributed by atoms with E-state index >= 15 is 0 Å². The SMILES string of the molecule is Cc1cc(OCC(=O)NC[C@@H](c2ccco2)[NH+](C)C)ccc1Cl. The predicted molar refractivity (Wildman–Crippen MR) is 89.0 cm³/mol. The van der Waals surface area contributed by atoms with E-state index < -0.39 is 0 Å². The van der Waals surface area contributed by atoms with Crippen molar-refractivity contribution >= 4 is 17.5 Å². The summed E-state index contributed by atoms with van der Waals surface area (Å²) in [6, 6.07) is 9.14. The first-order valence-electron chi connectivity index (χ1n) is 7.46. The minimum Gasteiger partial charge on any atom is -0.484 e. The zero-order chi connectivity index (χ0) is 16.8. The van der Waals surface area contributed by atoms with E-state index in [1.807, 2.05) is 39.2 Å². The highest BCUT2D eigenvalue weighted by Gasteiger charge is 2.21. The summed E-state index contributed by atoms with van der Waals surface area (Å²) in [5.41, 5.74) is 0.915. The Morgan fingerprint density at radius 3 is 2.78 bits per heavy atom. The summed E-state index contributed by atoms with van der Waals surface area (Å²) >= 11 is 5.96. The van der Waals surface area contributed by atoms with Crippen LogP contribution in [0.25, 0.3) is 0 Å². The van der Waals surface area contributed by atoms with Crippen molar-refractivity contribution in [1.29, 1.82) is 0 Å². The molecule has 0 spiro atoms. The van der Waals surface area contributed by atoms with Gasteiger partial charge in [-0.15, -0.1) is 0 Å². The molecular formula is C17H22ClN2O3+. The molecule has 2 N–H and O–H groups in total. The average Bonchev–Trinajstić information content (AvgIpc) is 3.02. The first-order valence-corrected chi connectivity index (χ1v) is 7.84. The second kappa shape index (κ2) is 8.04. The van der Waals surface area contributed by atoms with E-state index in [9.17, 15) is 4.79 Å². The Labute approximate surface area is 141 Å². The molecule has 0 unspecified atom stereocenters. The maximum atomic E-state index is 12.0. The lowest BCUT2D eigenvalue weighted by molar-refractivity contribution is -0.891. The quantitative estimate of drug-likeness (QED) is 0.807. The Hall–Kier alpha value is -1.98. The summed E-state index contributed by atoms with van der Waals surface area (Å²) in [5, 5.41) is 3.56. The number of nitrogens with one attached hydrogen (secondary N) is 2. The van der Waals surface area contributed by atoms with Crippen LogP contribution >= 0.6 is 11.6 Å². The van der Waals surface area contributed by atoms with Gasteiger partial charge in [0.1, 0.15) is 5.75 Å². The van der Waals surface area contributed by atoms with E-state index in [-0.39, 0.29) is 18.6 Å². The third-order valence-electron chi connectivity index (χ3n) is 3.59. The molecule has 1 amide bonds. The van der Waals surface area contributed by atoms with Crippen molar-refractivity contribution < 1.29 is 18.8 Å². The lowest BCUT2D eigenvalue weighted by atomic mass is 10.2. The lowest BCUT2D eigenvalue weighted by Gasteiger charge is -2.19. The highest BCUT2D eigenvalue weighted by Crippen LogP contribution is 2.20. The molecular weight excluding hydrogens is 316 g/mol. The smallest absolute Gasteiger partial charge is 0.258 e. The Morgan fingerprint density at radius 2 is 2.17 bits per heavy atom. The van der Waals surface area contributed by atoms with Gasteiger partial charge in [0.15, 0.2) is 18.4 Å². The number of halogens is 1. The summed E-state index contributed by atoms with van der Waals surface area (Å²) in [6.45, 7) is 2.34. The summed E-state index contributed by atoms with van der Waals surface area (Å²) in [5.74, 6) is 1.30. The molecule has 0 saturated heterocycles. The van der Waals surface area contributed by atoms with Gasteiger partial charge in [-0.3, -0.25) is 4.79 Å². The standard InChI is InChI=1S/C17H21ClN2O3/c1-12-9-13(6-7-14(12)18)23-11-17(21)19-10-15(20(2)3)16-5-4-8-22-16/h4-9,15H,10-11H2,1-3H3,(H,19,21)/p+1/t15-/m0/s1. The number of carbonyl (C=O) groups excluding carboxylic acids is 1. The Bertz CT molecular complexity index is 641. The molecule has 5 nitrogen and oxygen atoms in total.